The molecule has 4 nitrogen and oxygen atoms in total. The van der Waals surface area contributed by atoms with Gasteiger partial charge in [0.2, 0.25) is 0 Å². The molecule has 108 valence electrons. The summed E-state index contributed by atoms with van der Waals surface area (Å²) in [5.74, 6) is 0. The molecule has 0 aliphatic rings. The van der Waals surface area contributed by atoms with Gasteiger partial charge in [0, 0.05) is 18.1 Å². The molecule has 20 heavy (non-hydrogen) atoms. The molecular weight excluding hydrogens is 384 g/mol. The molecule has 0 spiro atoms. The molecule has 0 N–H and O–H groups in total. The van der Waals surface area contributed by atoms with Crippen molar-refractivity contribution in [2.75, 3.05) is 7.05 Å². The van der Waals surface area contributed by atoms with Crippen molar-refractivity contribution in [3.05, 3.63) is 44.5 Å². The summed E-state index contributed by atoms with van der Waals surface area (Å²) in [5.41, 5.74) is 1.34. The maximum Gasteiger partial charge on any atom is 0.254 e. The van der Waals surface area contributed by atoms with Crippen LogP contribution in [-0.4, -0.2) is 24.8 Å². The van der Waals surface area contributed by atoms with Crippen molar-refractivity contribution >= 4 is 48.9 Å². The van der Waals surface area contributed by atoms with Crippen LogP contribution in [0.4, 0.5) is 0 Å². The Morgan fingerprint density at radius 1 is 1.35 bits per heavy atom. The fourth-order valence-corrected chi connectivity index (χ4v) is 5.01. The third kappa shape index (κ3) is 3.40. The summed E-state index contributed by atoms with van der Waals surface area (Å²) in [6.45, 7) is 1.94. The van der Waals surface area contributed by atoms with E-state index in [0.29, 0.717) is 12.2 Å². The quantitative estimate of drug-likeness (QED) is 0.793. The van der Waals surface area contributed by atoms with E-state index in [1.165, 1.54) is 4.31 Å². The van der Waals surface area contributed by atoms with Gasteiger partial charge in [-0.15, -0.1) is 0 Å². The Kier molecular flexibility index (Phi) is 4.86. The van der Waals surface area contributed by atoms with Gasteiger partial charge in [-0.2, -0.15) is 4.31 Å². The third-order valence-electron chi connectivity index (χ3n) is 2.69. The average Bonchev–Trinajstić information content (AvgIpc) is 2.72. The first-order chi connectivity index (χ1) is 9.30. The second kappa shape index (κ2) is 6.11. The molecule has 0 unspecified atom stereocenters. The van der Waals surface area contributed by atoms with E-state index < -0.39 is 10.0 Å². The highest BCUT2D eigenvalue weighted by molar-refractivity contribution is 9.10. The molecule has 0 aliphatic heterocycles. The van der Waals surface area contributed by atoms with Gasteiger partial charge in [0.15, 0.2) is 8.68 Å². The summed E-state index contributed by atoms with van der Waals surface area (Å²) in [6, 6.07) is 7.51. The first kappa shape index (κ1) is 15.9. The van der Waals surface area contributed by atoms with E-state index in [4.69, 9.17) is 11.6 Å². The maximum atomic E-state index is 12.5. The normalized spacial score (nSPS) is 12.1. The number of benzene rings is 1. The molecule has 0 saturated carbocycles. The highest BCUT2D eigenvalue weighted by atomic mass is 79.9. The number of aromatic nitrogens is 1. The van der Waals surface area contributed by atoms with E-state index in [1.807, 2.05) is 24.3 Å². The monoisotopic (exact) mass is 394 g/mol. The zero-order chi connectivity index (χ0) is 14.9. The Hall–Kier alpha value is -0.470. The van der Waals surface area contributed by atoms with Crippen molar-refractivity contribution in [2.45, 2.75) is 17.7 Å². The molecule has 8 heteroatoms. The van der Waals surface area contributed by atoms with E-state index in [9.17, 15) is 8.42 Å². The average molecular weight is 396 g/mol. The summed E-state index contributed by atoms with van der Waals surface area (Å²) in [5, 5.41) is 0. The van der Waals surface area contributed by atoms with Gasteiger partial charge in [-0.05, 0) is 24.6 Å². The Morgan fingerprint density at radius 3 is 2.45 bits per heavy atom. The van der Waals surface area contributed by atoms with Crippen LogP contribution in [0.15, 0.2) is 32.9 Å². The first-order valence-electron chi connectivity index (χ1n) is 5.64. The van der Waals surface area contributed by atoms with Crippen molar-refractivity contribution in [3.8, 4) is 0 Å². The molecule has 0 bridgehead atoms. The number of rotatable bonds is 4. The molecule has 0 aliphatic carbocycles. The largest absolute Gasteiger partial charge is 0.254 e. The minimum Gasteiger partial charge on any atom is -0.229 e. The van der Waals surface area contributed by atoms with Gasteiger partial charge in [0.05, 0.1) is 5.69 Å². The number of hydrogen-bond donors (Lipinski definition) is 0. The first-order valence-corrected chi connectivity index (χ1v) is 9.07. The number of halogens is 2. The molecule has 1 aromatic carbocycles. The fraction of sp³-hybridized carbons (Fsp3) is 0.250. The molecule has 0 amide bonds. The van der Waals surface area contributed by atoms with E-state index in [0.717, 1.165) is 21.4 Å². The number of hydrogen-bond acceptors (Lipinski definition) is 4. The minimum atomic E-state index is -3.56. The van der Waals surface area contributed by atoms with Crippen molar-refractivity contribution in [1.82, 2.24) is 9.29 Å². The Bertz CT molecular complexity index is 714. The Balaban J connectivity index is 2.25. The SMILES string of the molecule is Cc1nc(Cl)sc1S(=O)(=O)N(C)Cc1ccc(Br)cc1. The molecule has 0 atom stereocenters. The number of aryl methyl sites for hydroxylation is 1. The van der Waals surface area contributed by atoms with E-state index >= 15 is 0 Å². The molecule has 2 rings (SSSR count). The van der Waals surface area contributed by atoms with E-state index in [2.05, 4.69) is 20.9 Å². The number of thiazole rings is 1. The second-order valence-electron chi connectivity index (χ2n) is 4.23. The van der Waals surface area contributed by atoms with Crippen molar-refractivity contribution in [3.63, 3.8) is 0 Å². The molecule has 1 aromatic heterocycles. The summed E-state index contributed by atoms with van der Waals surface area (Å²) in [7, 11) is -2.02. The lowest BCUT2D eigenvalue weighted by molar-refractivity contribution is 0.468. The van der Waals surface area contributed by atoms with Crippen LogP contribution in [0.1, 0.15) is 11.3 Å². The maximum absolute atomic E-state index is 12.5. The smallest absolute Gasteiger partial charge is 0.229 e. The lowest BCUT2D eigenvalue weighted by Crippen LogP contribution is -2.26. The zero-order valence-electron chi connectivity index (χ0n) is 10.8. The van der Waals surface area contributed by atoms with Gasteiger partial charge >= 0.3 is 0 Å². The van der Waals surface area contributed by atoms with Crippen LogP contribution >= 0.6 is 38.9 Å². The summed E-state index contributed by atoms with van der Waals surface area (Å²) in [4.78, 5) is 3.95. The van der Waals surface area contributed by atoms with E-state index in [-0.39, 0.29) is 8.68 Å². The van der Waals surface area contributed by atoms with Gasteiger partial charge in [0.1, 0.15) is 0 Å². The summed E-state index contributed by atoms with van der Waals surface area (Å²) < 4.78 is 27.6. The highest BCUT2D eigenvalue weighted by Gasteiger charge is 2.26. The second-order valence-corrected chi connectivity index (χ2v) is 8.96. The van der Waals surface area contributed by atoms with Crippen molar-refractivity contribution in [1.29, 1.82) is 0 Å². The topological polar surface area (TPSA) is 50.3 Å². The molecule has 0 fully saturated rings. The van der Waals surface area contributed by atoms with Gasteiger partial charge in [-0.1, -0.05) is 51.0 Å². The minimum absolute atomic E-state index is 0.196. The highest BCUT2D eigenvalue weighted by Crippen LogP contribution is 2.29. The lowest BCUT2D eigenvalue weighted by atomic mass is 10.2. The number of sulfonamides is 1. The van der Waals surface area contributed by atoms with Gasteiger partial charge in [-0.25, -0.2) is 13.4 Å². The van der Waals surface area contributed by atoms with Gasteiger partial charge < -0.3 is 0 Å². The lowest BCUT2D eigenvalue weighted by Gasteiger charge is -2.16. The molecular formula is C12H12BrClN2O2S2. The predicted octanol–water partition coefficient (Wildman–Crippen LogP) is 3.69. The van der Waals surface area contributed by atoms with Crippen LogP contribution in [0, 0.1) is 6.92 Å². The zero-order valence-corrected chi connectivity index (χ0v) is 14.8. The van der Waals surface area contributed by atoms with E-state index in [1.54, 1.807) is 14.0 Å². The Labute approximate surface area is 135 Å². The molecule has 0 saturated heterocycles. The van der Waals surface area contributed by atoms with Gasteiger partial charge in [0.25, 0.3) is 10.0 Å². The summed E-state index contributed by atoms with van der Waals surface area (Å²) >= 11 is 10.1. The molecule has 2 aromatic rings. The predicted molar refractivity (Wildman–Crippen MR) is 84.7 cm³/mol. The van der Waals surface area contributed by atoms with Crippen LogP contribution in [0.3, 0.4) is 0 Å². The fourth-order valence-electron chi connectivity index (χ4n) is 1.66. The van der Waals surface area contributed by atoms with Crippen LogP contribution < -0.4 is 0 Å². The molecule has 1 heterocycles. The van der Waals surface area contributed by atoms with Crippen LogP contribution in [-0.2, 0) is 16.6 Å². The van der Waals surface area contributed by atoms with Crippen LogP contribution in [0.5, 0.6) is 0 Å². The molecule has 0 radical (unpaired) electrons. The Morgan fingerprint density at radius 2 is 1.95 bits per heavy atom. The standard InChI is InChI=1S/C12H12BrClN2O2S2/c1-8-11(19-12(14)15-8)20(17,18)16(2)7-9-3-5-10(13)6-4-9/h3-6H,7H2,1-2H3. The number of nitrogens with zero attached hydrogens (tertiary/aromatic N) is 2. The van der Waals surface area contributed by atoms with Crippen LogP contribution in [0.2, 0.25) is 4.47 Å². The summed E-state index contributed by atoms with van der Waals surface area (Å²) in [6.07, 6.45) is 0. The van der Waals surface area contributed by atoms with Crippen LogP contribution in [0.25, 0.3) is 0 Å². The van der Waals surface area contributed by atoms with Crippen molar-refractivity contribution in [2.24, 2.45) is 0 Å². The van der Waals surface area contributed by atoms with Crippen molar-refractivity contribution < 1.29 is 8.42 Å². The van der Waals surface area contributed by atoms with Gasteiger partial charge in [-0.3, -0.25) is 0 Å². The third-order valence-corrected chi connectivity index (χ3v) is 6.87.